The Balaban J connectivity index is 1.27. The zero-order valence-corrected chi connectivity index (χ0v) is 34.7. The van der Waals surface area contributed by atoms with E-state index in [2.05, 4.69) is 187 Å². The molecule has 0 aliphatic rings. The van der Waals surface area contributed by atoms with Gasteiger partial charge in [-0.3, -0.25) is 0 Å². The molecule has 2 nitrogen and oxygen atoms in total. The average molecular weight is 771 g/mol. The largest absolute Gasteiger partial charge is 0.455 e. The monoisotopic (exact) mass is 770 g/mol. The first-order valence-corrected chi connectivity index (χ1v) is 21.0. The van der Waals surface area contributed by atoms with E-state index < -0.39 is 0 Å². The maximum absolute atomic E-state index is 7.11. The lowest BCUT2D eigenvalue weighted by molar-refractivity contribution is 0.672. The summed E-state index contributed by atoms with van der Waals surface area (Å²) in [4.78, 5) is 0. The van der Waals surface area contributed by atoms with Gasteiger partial charge >= 0.3 is 0 Å². The second kappa shape index (κ2) is 12.7. The van der Waals surface area contributed by atoms with Crippen LogP contribution in [0.5, 0.6) is 0 Å². The second-order valence-corrected chi connectivity index (χ2v) is 17.3. The molecule has 0 unspecified atom stereocenters. The minimum atomic E-state index is 0.894. The Labute approximate surface area is 348 Å². The van der Waals surface area contributed by atoms with Gasteiger partial charge in [-0.15, -0.1) is 0 Å². The van der Waals surface area contributed by atoms with Crippen LogP contribution in [-0.2, 0) is 0 Å². The summed E-state index contributed by atoms with van der Waals surface area (Å²) in [5.74, 6) is 0. The molecule has 12 aromatic rings. The lowest BCUT2D eigenvalue weighted by Crippen LogP contribution is -1.93. The Morgan fingerprint density at radius 1 is 0.283 bits per heavy atom. The molecule has 0 radical (unpaired) electrons. The molecular weight excluding hydrogens is 729 g/mol. The van der Waals surface area contributed by atoms with Crippen molar-refractivity contribution < 1.29 is 8.83 Å². The molecule has 0 saturated heterocycles. The zero-order chi connectivity index (χ0) is 40.6. The van der Waals surface area contributed by atoms with E-state index in [0.29, 0.717) is 0 Å². The predicted octanol–water partition coefficient (Wildman–Crippen LogP) is 16.9. The Kier molecular flexibility index (Phi) is 7.36. The first kappa shape index (κ1) is 34.8. The molecule has 10 aromatic carbocycles. The van der Waals surface area contributed by atoms with Gasteiger partial charge < -0.3 is 8.83 Å². The molecule has 2 aromatic heterocycles. The van der Waals surface area contributed by atoms with Crippen molar-refractivity contribution in [1.29, 1.82) is 0 Å². The van der Waals surface area contributed by atoms with E-state index in [-0.39, 0.29) is 0 Å². The van der Waals surface area contributed by atoms with E-state index >= 15 is 0 Å². The highest BCUT2D eigenvalue weighted by Gasteiger charge is 2.25. The number of aryl methyl sites for hydroxylation is 6. The highest BCUT2D eigenvalue weighted by atomic mass is 16.3. The van der Waals surface area contributed by atoms with Crippen LogP contribution >= 0.6 is 0 Å². The molecule has 60 heavy (non-hydrogen) atoms. The van der Waals surface area contributed by atoms with Crippen LogP contribution in [0.4, 0.5) is 0 Å². The first-order chi connectivity index (χ1) is 29.2. The number of hydrogen-bond acceptors (Lipinski definition) is 2. The molecule has 0 amide bonds. The number of benzene rings is 10. The molecule has 0 atom stereocenters. The number of fused-ring (bicyclic) bond motifs is 8. The third-order valence-electron chi connectivity index (χ3n) is 13.0. The Morgan fingerprint density at radius 3 is 1.08 bits per heavy atom. The molecular formula is C58H42O2. The van der Waals surface area contributed by atoms with Gasteiger partial charge in [0.05, 0.1) is 0 Å². The van der Waals surface area contributed by atoms with Crippen molar-refractivity contribution in [3.05, 3.63) is 179 Å². The van der Waals surface area contributed by atoms with Crippen LogP contribution < -0.4 is 0 Å². The topological polar surface area (TPSA) is 26.3 Å². The van der Waals surface area contributed by atoms with E-state index in [9.17, 15) is 0 Å². The van der Waals surface area contributed by atoms with Crippen molar-refractivity contribution in [1.82, 2.24) is 0 Å². The minimum absolute atomic E-state index is 0.894. The molecule has 0 saturated carbocycles. The average Bonchev–Trinajstić information content (AvgIpc) is 3.79. The van der Waals surface area contributed by atoms with Crippen LogP contribution in [0.2, 0.25) is 0 Å². The van der Waals surface area contributed by atoms with Gasteiger partial charge in [0.2, 0.25) is 0 Å². The standard InChI is InChI=1S/C58H42O2/c1-31-19-32(2)22-39(21-31)45-27-51-56-48(30-50-44-18-16-38(26-54(44)59-57(50)51)42-14-10-8-12-36(42)6)46(40-23-33(3)20-34(4)24-40)28-52-55(56)47(45)29-49-43-17-15-37(25-53(43)60-58(49)52)41-13-9-7-11-35(41)5/h7-30H,1-6H3. The van der Waals surface area contributed by atoms with Crippen LogP contribution in [0.1, 0.15) is 33.4 Å². The van der Waals surface area contributed by atoms with Crippen molar-refractivity contribution in [2.75, 3.05) is 0 Å². The SMILES string of the molecule is Cc1cc(C)cc(-c2cc3c4oc5cc(-c6ccccc6C)ccc5c4cc4c(-c5cc(C)cc(C)c5)cc5c6oc7cc(-c8ccccc8C)ccc7c6cc2c5c43)c1. The summed E-state index contributed by atoms with van der Waals surface area (Å²) in [6, 6.07) is 54.1. The molecule has 0 aliphatic heterocycles. The maximum Gasteiger partial charge on any atom is 0.143 e. The van der Waals surface area contributed by atoms with E-state index in [1.807, 2.05) is 0 Å². The highest BCUT2D eigenvalue weighted by molar-refractivity contribution is 6.38. The van der Waals surface area contributed by atoms with Crippen LogP contribution in [-0.4, -0.2) is 0 Å². The van der Waals surface area contributed by atoms with Gasteiger partial charge in [-0.2, -0.15) is 0 Å². The molecule has 2 heterocycles. The lowest BCUT2D eigenvalue weighted by Gasteiger charge is -2.19. The van der Waals surface area contributed by atoms with Crippen molar-refractivity contribution in [3.8, 4) is 44.5 Å². The van der Waals surface area contributed by atoms with E-state index in [1.165, 1.54) is 88.3 Å². The summed E-state index contributed by atoms with van der Waals surface area (Å²) < 4.78 is 14.2. The van der Waals surface area contributed by atoms with Crippen LogP contribution in [0.15, 0.2) is 154 Å². The summed E-state index contributed by atoms with van der Waals surface area (Å²) in [5, 5.41) is 11.6. The second-order valence-electron chi connectivity index (χ2n) is 17.3. The molecule has 2 heteroatoms. The van der Waals surface area contributed by atoms with Gasteiger partial charge in [-0.25, -0.2) is 0 Å². The fourth-order valence-corrected chi connectivity index (χ4v) is 10.4. The van der Waals surface area contributed by atoms with Crippen LogP contribution in [0.3, 0.4) is 0 Å². The van der Waals surface area contributed by atoms with Crippen molar-refractivity contribution in [2.45, 2.75) is 41.5 Å². The molecule has 0 bridgehead atoms. The summed E-state index contributed by atoms with van der Waals surface area (Å²) in [7, 11) is 0. The summed E-state index contributed by atoms with van der Waals surface area (Å²) in [5.41, 5.74) is 20.6. The maximum atomic E-state index is 7.11. The van der Waals surface area contributed by atoms with E-state index in [1.54, 1.807) is 0 Å². The number of furan rings is 2. The molecule has 286 valence electrons. The Hall–Kier alpha value is -7.16. The summed E-state index contributed by atoms with van der Waals surface area (Å²) in [6.07, 6.45) is 0. The van der Waals surface area contributed by atoms with Gasteiger partial charge in [0.25, 0.3) is 0 Å². The third kappa shape index (κ3) is 5.13. The molecule has 0 spiro atoms. The van der Waals surface area contributed by atoms with Gasteiger partial charge in [0.1, 0.15) is 22.3 Å². The smallest absolute Gasteiger partial charge is 0.143 e. The summed E-state index contributed by atoms with van der Waals surface area (Å²) >= 11 is 0. The fraction of sp³-hybridized carbons (Fsp3) is 0.103. The zero-order valence-electron chi connectivity index (χ0n) is 34.7. The van der Waals surface area contributed by atoms with Crippen LogP contribution in [0.25, 0.3) is 121 Å². The molecule has 12 rings (SSSR count). The fourth-order valence-electron chi connectivity index (χ4n) is 10.4. The highest BCUT2D eigenvalue weighted by Crippen LogP contribution is 2.51. The molecule has 0 aliphatic carbocycles. The lowest BCUT2D eigenvalue weighted by atomic mass is 9.83. The summed E-state index contributed by atoms with van der Waals surface area (Å²) in [6.45, 7) is 13.1. The normalized spacial score (nSPS) is 12.2. The van der Waals surface area contributed by atoms with Gasteiger partial charge in [-0.1, -0.05) is 119 Å². The quantitative estimate of drug-likeness (QED) is 0.167. The first-order valence-electron chi connectivity index (χ1n) is 21.0. The Morgan fingerprint density at radius 2 is 0.683 bits per heavy atom. The van der Waals surface area contributed by atoms with E-state index in [4.69, 9.17) is 8.83 Å². The predicted molar refractivity (Wildman–Crippen MR) is 255 cm³/mol. The minimum Gasteiger partial charge on any atom is -0.455 e. The Bertz CT molecular complexity index is 3490. The van der Waals surface area contributed by atoms with Crippen LogP contribution in [0, 0.1) is 41.5 Å². The van der Waals surface area contributed by atoms with Gasteiger partial charge in [0, 0.05) is 43.1 Å². The van der Waals surface area contributed by atoms with Gasteiger partial charge in [0.15, 0.2) is 0 Å². The number of rotatable bonds is 4. The molecule has 0 fully saturated rings. The third-order valence-corrected chi connectivity index (χ3v) is 13.0. The van der Waals surface area contributed by atoms with E-state index in [0.717, 1.165) is 65.8 Å². The van der Waals surface area contributed by atoms with Crippen molar-refractivity contribution in [3.63, 3.8) is 0 Å². The van der Waals surface area contributed by atoms with Crippen molar-refractivity contribution >= 4 is 76.2 Å². The molecule has 0 N–H and O–H groups in total. The number of hydrogen-bond donors (Lipinski definition) is 0. The van der Waals surface area contributed by atoms with Crippen molar-refractivity contribution in [2.24, 2.45) is 0 Å². The van der Waals surface area contributed by atoms with Gasteiger partial charge in [-0.05, 0) is 156 Å².